The van der Waals surface area contributed by atoms with Gasteiger partial charge in [0.15, 0.2) is 11.5 Å². The quantitative estimate of drug-likeness (QED) is 0.807. The van der Waals surface area contributed by atoms with Gasteiger partial charge in [-0.1, -0.05) is 35.9 Å². The largest absolute Gasteiger partial charge is 0.454 e. The summed E-state index contributed by atoms with van der Waals surface area (Å²) in [6.45, 7) is 0.231. The molecule has 0 spiro atoms. The third kappa shape index (κ3) is 2.49. The predicted octanol–water partition coefficient (Wildman–Crippen LogP) is 3.59. The van der Waals surface area contributed by atoms with Crippen molar-refractivity contribution in [2.75, 3.05) is 6.79 Å². The molecule has 1 unspecified atom stereocenters. The maximum absolute atomic E-state index is 11.4. The number of hydrogen-bond donors (Lipinski definition) is 0. The maximum atomic E-state index is 11.4. The van der Waals surface area contributed by atoms with Crippen LogP contribution in [0.3, 0.4) is 0 Å². The highest BCUT2D eigenvalue weighted by Crippen LogP contribution is 2.35. The van der Waals surface area contributed by atoms with Crippen molar-refractivity contribution >= 4 is 17.9 Å². The van der Waals surface area contributed by atoms with E-state index < -0.39 is 0 Å². The molecule has 0 aromatic heterocycles. The van der Waals surface area contributed by atoms with E-state index in [4.69, 9.17) is 21.1 Å². The van der Waals surface area contributed by atoms with Gasteiger partial charge in [-0.2, -0.15) is 0 Å². The fourth-order valence-electron chi connectivity index (χ4n) is 2.29. The molecule has 3 nitrogen and oxygen atoms in total. The highest BCUT2D eigenvalue weighted by molar-refractivity contribution is 6.31. The summed E-state index contributed by atoms with van der Waals surface area (Å²) >= 11 is 6.15. The summed E-state index contributed by atoms with van der Waals surface area (Å²) in [7, 11) is 0. The molecule has 4 heteroatoms. The number of fused-ring (bicyclic) bond motifs is 1. The number of benzene rings is 2. The van der Waals surface area contributed by atoms with Gasteiger partial charge >= 0.3 is 0 Å². The molecule has 102 valence electrons. The third-order valence-electron chi connectivity index (χ3n) is 3.39. The van der Waals surface area contributed by atoms with Crippen molar-refractivity contribution in [1.82, 2.24) is 0 Å². The van der Waals surface area contributed by atoms with Gasteiger partial charge in [-0.05, 0) is 35.7 Å². The lowest BCUT2D eigenvalue weighted by atomic mass is 9.93. The molecule has 0 N–H and O–H groups in total. The minimum absolute atomic E-state index is 0.231. The molecule has 0 bridgehead atoms. The Morgan fingerprint density at radius 3 is 2.75 bits per heavy atom. The lowest BCUT2D eigenvalue weighted by Crippen LogP contribution is -2.05. The highest BCUT2D eigenvalue weighted by atomic mass is 35.5. The zero-order chi connectivity index (χ0) is 13.9. The normalized spacial score (nSPS) is 14.1. The van der Waals surface area contributed by atoms with Crippen molar-refractivity contribution in [1.29, 1.82) is 0 Å². The molecule has 2 aromatic carbocycles. The number of ether oxygens (including phenoxy) is 2. The molecule has 1 atom stereocenters. The number of carbonyl (C=O) groups excluding carboxylic acids is 1. The van der Waals surface area contributed by atoms with Crippen LogP contribution in [0.5, 0.6) is 11.5 Å². The van der Waals surface area contributed by atoms with E-state index in [2.05, 4.69) is 0 Å². The van der Waals surface area contributed by atoms with Crippen LogP contribution in [0.2, 0.25) is 5.02 Å². The minimum atomic E-state index is -0.246. The first-order valence-electron chi connectivity index (χ1n) is 6.36. The van der Waals surface area contributed by atoms with E-state index in [1.165, 1.54) is 0 Å². The second kappa shape index (κ2) is 5.55. The summed E-state index contributed by atoms with van der Waals surface area (Å²) < 4.78 is 10.6. The Morgan fingerprint density at radius 1 is 1.15 bits per heavy atom. The van der Waals surface area contributed by atoms with E-state index >= 15 is 0 Å². The molecule has 0 radical (unpaired) electrons. The number of rotatable bonds is 4. The van der Waals surface area contributed by atoms with E-state index in [0.717, 1.165) is 23.2 Å². The molecule has 0 fully saturated rings. The summed E-state index contributed by atoms with van der Waals surface area (Å²) in [4.78, 5) is 11.4. The van der Waals surface area contributed by atoms with Crippen molar-refractivity contribution in [2.24, 2.45) is 0 Å². The van der Waals surface area contributed by atoms with Gasteiger partial charge in [0.2, 0.25) is 6.79 Å². The summed E-state index contributed by atoms with van der Waals surface area (Å²) in [5.41, 5.74) is 1.87. The molecule has 1 aliphatic heterocycles. The molecule has 0 saturated carbocycles. The Kier molecular flexibility index (Phi) is 3.61. The molecule has 2 aromatic rings. The van der Waals surface area contributed by atoms with Gasteiger partial charge in [-0.3, -0.25) is 0 Å². The van der Waals surface area contributed by atoms with Gasteiger partial charge in [-0.15, -0.1) is 0 Å². The number of hydrogen-bond acceptors (Lipinski definition) is 3. The van der Waals surface area contributed by atoms with Gasteiger partial charge < -0.3 is 14.3 Å². The van der Waals surface area contributed by atoms with Gasteiger partial charge in [0.05, 0.1) is 0 Å². The summed E-state index contributed by atoms with van der Waals surface area (Å²) in [6, 6.07) is 13.2. The molecule has 0 aliphatic carbocycles. The van der Waals surface area contributed by atoms with Crippen LogP contribution in [-0.2, 0) is 11.2 Å². The van der Waals surface area contributed by atoms with Crippen molar-refractivity contribution in [2.45, 2.75) is 12.3 Å². The minimum Gasteiger partial charge on any atom is -0.454 e. The van der Waals surface area contributed by atoms with Crippen LogP contribution in [0.4, 0.5) is 0 Å². The lowest BCUT2D eigenvalue weighted by Gasteiger charge is -2.12. The Morgan fingerprint density at radius 2 is 1.95 bits per heavy atom. The van der Waals surface area contributed by atoms with Crippen molar-refractivity contribution < 1.29 is 14.3 Å². The fourth-order valence-corrected chi connectivity index (χ4v) is 2.50. The second-order valence-corrected chi connectivity index (χ2v) is 5.06. The van der Waals surface area contributed by atoms with Crippen molar-refractivity contribution in [3.63, 3.8) is 0 Å². The van der Waals surface area contributed by atoms with Gasteiger partial charge in [0.25, 0.3) is 0 Å². The first-order chi connectivity index (χ1) is 9.78. The fraction of sp³-hybridized carbons (Fsp3) is 0.188. The summed E-state index contributed by atoms with van der Waals surface area (Å²) in [6.07, 6.45) is 1.52. The molecule has 3 rings (SSSR count). The SMILES string of the molecule is O=CC(Cc1ccccc1Cl)c1ccc2c(c1)OCO2. The van der Waals surface area contributed by atoms with Crippen LogP contribution in [0.25, 0.3) is 0 Å². The lowest BCUT2D eigenvalue weighted by molar-refractivity contribution is -0.109. The Balaban J connectivity index is 1.87. The summed E-state index contributed by atoms with van der Waals surface area (Å²) in [5, 5.41) is 0.681. The molecular weight excluding hydrogens is 276 g/mol. The van der Waals surface area contributed by atoms with Crippen LogP contribution in [0, 0.1) is 0 Å². The first kappa shape index (κ1) is 13.0. The molecule has 20 heavy (non-hydrogen) atoms. The van der Waals surface area contributed by atoms with Crippen molar-refractivity contribution in [3.8, 4) is 11.5 Å². The van der Waals surface area contributed by atoms with E-state index in [9.17, 15) is 4.79 Å². The Bertz CT molecular complexity index is 639. The average Bonchev–Trinajstić information content (AvgIpc) is 2.94. The monoisotopic (exact) mass is 288 g/mol. The van der Waals surface area contributed by atoms with E-state index in [1.54, 1.807) is 0 Å². The zero-order valence-electron chi connectivity index (χ0n) is 10.7. The number of aldehydes is 1. The Labute approximate surface area is 122 Å². The average molecular weight is 289 g/mol. The van der Waals surface area contributed by atoms with Gasteiger partial charge in [0, 0.05) is 10.9 Å². The summed E-state index contributed by atoms with van der Waals surface area (Å²) in [5.74, 6) is 1.16. The Hall–Kier alpha value is -2.00. The predicted molar refractivity (Wildman–Crippen MR) is 76.5 cm³/mol. The van der Waals surface area contributed by atoms with Crippen LogP contribution in [0.1, 0.15) is 17.0 Å². The van der Waals surface area contributed by atoms with Crippen molar-refractivity contribution in [3.05, 3.63) is 58.6 Å². The van der Waals surface area contributed by atoms with E-state index in [1.807, 2.05) is 42.5 Å². The maximum Gasteiger partial charge on any atom is 0.231 e. The van der Waals surface area contributed by atoms with Crippen LogP contribution < -0.4 is 9.47 Å². The van der Waals surface area contributed by atoms with E-state index in [0.29, 0.717) is 17.2 Å². The van der Waals surface area contributed by atoms with Crippen LogP contribution >= 0.6 is 11.6 Å². The topological polar surface area (TPSA) is 35.5 Å². The van der Waals surface area contributed by atoms with Gasteiger partial charge in [-0.25, -0.2) is 0 Å². The molecule has 0 saturated heterocycles. The van der Waals surface area contributed by atoms with Crippen LogP contribution in [-0.4, -0.2) is 13.1 Å². The first-order valence-corrected chi connectivity index (χ1v) is 6.74. The number of carbonyl (C=O) groups is 1. The highest BCUT2D eigenvalue weighted by Gasteiger charge is 2.18. The molecular formula is C16H13ClO3. The standard InChI is InChI=1S/C16H13ClO3/c17-14-4-2-1-3-12(14)7-13(9-18)11-5-6-15-16(8-11)20-10-19-15/h1-6,8-9,13H,7,10H2. The molecule has 0 amide bonds. The third-order valence-corrected chi connectivity index (χ3v) is 3.76. The number of halogens is 1. The smallest absolute Gasteiger partial charge is 0.231 e. The van der Waals surface area contributed by atoms with Crippen LogP contribution in [0.15, 0.2) is 42.5 Å². The second-order valence-electron chi connectivity index (χ2n) is 4.65. The zero-order valence-corrected chi connectivity index (χ0v) is 11.5. The molecule has 1 aliphatic rings. The van der Waals surface area contributed by atoms with Gasteiger partial charge in [0.1, 0.15) is 6.29 Å². The molecule has 1 heterocycles. The van der Waals surface area contributed by atoms with E-state index in [-0.39, 0.29) is 12.7 Å².